The van der Waals surface area contributed by atoms with Crippen molar-refractivity contribution in [3.63, 3.8) is 0 Å². The molecule has 0 aliphatic rings. The number of thiophene rings is 1. The fraction of sp³-hybridized carbons (Fsp3) is 0.150. The molecule has 2 aromatic carbocycles. The van der Waals surface area contributed by atoms with Crippen LogP contribution in [0.2, 0.25) is 0 Å². The molecular formula is C20H18O3S. The molecule has 1 heterocycles. The lowest BCUT2D eigenvalue weighted by molar-refractivity contribution is -0.145. The lowest BCUT2D eigenvalue weighted by Gasteiger charge is -2.14. The van der Waals surface area contributed by atoms with Crippen LogP contribution < -0.4 is 4.74 Å². The molecule has 0 saturated carbocycles. The summed E-state index contributed by atoms with van der Waals surface area (Å²) in [4.78, 5) is 11.3. The zero-order chi connectivity index (χ0) is 16.9. The summed E-state index contributed by atoms with van der Waals surface area (Å²) in [5, 5.41) is 12.6. The highest BCUT2D eigenvalue weighted by Gasteiger charge is 2.18. The summed E-state index contributed by atoms with van der Waals surface area (Å²) in [5.41, 5.74) is 2.28. The number of hydrogen-bond acceptors (Lipinski definition) is 3. The van der Waals surface area contributed by atoms with Crippen molar-refractivity contribution < 1.29 is 14.6 Å². The number of rotatable bonds is 7. The number of carbonyl (C=O) groups is 1. The number of carboxylic acids is 1. The fourth-order valence-corrected chi connectivity index (χ4v) is 3.55. The van der Waals surface area contributed by atoms with Gasteiger partial charge in [0.15, 0.2) is 6.10 Å². The van der Waals surface area contributed by atoms with Crippen molar-refractivity contribution >= 4 is 27.4 Å². The van der Waals surface area contributed by atoms with Crippen LogP contribution in [0.4, 0.5) is 0 Å². The van der Waals surface area contributed by atoms with Gasteiger partial charge in [-0.2, -0.15) is 0 Å². The number of aliphatic carboxylic acids is 1. The molecule has 1 aromatic heterocycles. The lowest BCUT2D eigenvalue weighted by Crippen LogP contribution is -2.26. The van der Waals surface area contributed by atoms with E-state index in [0.717, 1.165) is 5.56 Å². The van der Waals surface area contributed by atoms with Gasteiger partial charge in [-0.1, -0.05) is 36.4 Å². The number of ether oxygens (including phenoxy) is 1. The van der Waals surface area contributed by atoms with Crippen LogP contribution >= 0.6 is 11.3 Å². The molecule has 3 nitrogen and oxygen atoms in total. The first-order chi connectivity index (χ1) is 11.7. The molecule has 0 aliphatic heterocycles. The van der Waals surface area contributed by atoms with Gasteiger partial charge in [-0.3, -0.25) is 0 Å². The second-order valence-corrected chi connectivity index (χ2v) is 6.39. The Balaban J connectivity index is 1.80. The first kappa shape index (κ1) is 16.3. The van der Waals surface area contributed by atoms with Gasteiger partial charge >= 0.3 is 5.97 Å². The second-order valence-electron chi connectivity index (χ2n) is 5.48. The first-order valence-corrected chi connectivity index (χ1v) is 8.64. The smallest absolute Gasteiger partial charge is 0.344 e. The van der Waals surface area contributed by atoms with Crippen molar-refractivity contribution in [3.05, 3.63) is 66.6 Å². The van der Waals surface area contributed by atoms with Gasteiger partial charge in [0.25, 0.3) is 0 Å². The van der Waals surface area contributed by atoms with Crippen molar-refractivity contribution in [2.24, 2.45) is 0 Å². The van der Waals surface area contributed by atoms with Crippen molar-refractivity contribution in [2.45, 2.75) is 18.9 Å². The zero-order valence-corrected chi connectivity index (χ0v) is 14.0. The summed E-state index contributed by atoms with van der Waals surface area (Å²) >= 11 is 1.72. The van der Waals surface area contributed by atoms with E-state index in [1.807, 2.05) is 36.4 Å². The summed E-state index contributed by atoms with van der Waals surface area (Å²) in [5.74, 6) is -0.389. The van der Waals surface area contributed by atoms with E-state index in [0.29, 0.717) is 18.6 Å². The van der Waals surface area contributed by atoms with E-state index >= 15 is 0 Å². The Hall–Kier alpha value is -2.59. The molecule has 0 fully saturated rings. The van der Waals surface area contributed by atoms with Crippen LogP contribution in [-0.4, -0.2) is 17.2 Å². The highest BCUT2D eigenvalue weighted by molar-refractivity contribution is 7.17. The van der Waals surface area contributed by atoms with Gasteiger partial charge in [0.05, 0.1) is 0 Å². The lowest BCUT2D eigenvalue weighted by atomic mass is 10.0. The van der Waals surface area contributed by atoms with Crippen LogP contribution in [0.15, 0.2) is 66.6 Å². The van der Waals surface area contributed by atoms with Crippen LogP contribution in [0.3, 0.4) is 0 Å². The number of fused-ring (bicyclic) bond motifs is 1. The number of carboxylic acid groups (broad SMARTS) is 1. The monoisotopic (exact) mass is 338 g/mol. The number of hydrogen-bond donors (Lipinski definition) is 1. The Morgan fingerprint density at radius 3 is 2.67 bits per heavy atom. The highest BCUT2D eigenvalue weighted by atomic mass is 32.1. The zero-order valence-electron chi connectivity index (χ0n) is 13.1. The van der Waals surface area contributed by atoms with Crippen molar-refractivity contribution in [3.8, 4) is 16.9 Å². The minimum atomic E-state index is -0.954. The molecule has 0 saturated heterocycles. The minimum absolute atomic E-state index is 0.412. The summed E-state index contributed by atoms with van der Waals surface area (Å²) in [6.07, 6.45) is 1.87. The third-order valence-corrected chi connectivity index (χ3v) is 4.80. The van der Waals surface area contributed by atoms with Gasteiger partial charge in [-0.15, -0.1) is 17.9 Å². The van der Waals surface area contributed by atoms with Gasteiger partial charge in [-0.25, -0.2) is 4.79 Å². The maximum absolute atomic E-state index is 11.3. The largest absolute Gasteiger partial charge is 0.479 e. The van der Waals surface area contributed by atoms with Crippen LogP contribution in [0.25, 0.3) is 21.2 Å². The molecular weight excluding hydrogens is 320 g/mol. The topological polar surface area (TPSA) is 46.5 Å². The molecule has 3 aromatic rings. The Morgan fingerprint density at radius 2 is 1.96 bits per heavy atom. The molecule has 0 spiro atoms. The quantitative estimate of drug-likeness (QED) is 0.589. The highest BCUT2D eigenvalue weighted by Crippen LogP contribution is 2.34. The molecule has 1 atom stereocenters. The summed E-state index contributed by atoms with van der Waals surface area (Å²) in [6, 6.07) is 15.9. The molecule has 0 aliphatic carbocycles. The van der Waals surface area contributed by atoms with E-state index in [1.54, 1.807) is 17.4 Å². The third kappa shape index (κ3) is 3.49. The van der Waals surface area contributed by atoms with Crippen molar-refractivity contribution in [2.75, 3.05) is 0 Å². The molecule has 24 heavy (non-hydrogen) atoms. The van der Waals surface area contributed by atoms with Gasteiger partial charge in [-0.05, 0) is 42.0 Å². The van der Waals surface area contributed by atoms with Crippen molar-refractivity contribution in [1.29, 1.82) is 0 Å². The van der Waals surface area contributed by atoms with Crippen LogP contribution in [0.5, 0.6) is 5.75 Å². The van der Waals surface area contributed by atoms with Gasteiger partial charge < -0.3 is 9.84 Å². The molecule has 122 valence electrons. The number of allylic oxidation sites excluding steroid dienone is 1. The molecule has 3 rings (SSSR count). The fourth-order valence-electron chi connectivity index (χ4n) is 2.58. The Labute approximate surface area is 144 Å². The predicted octanol–water partition coefficient (Wildman–Crippen LogP) is 5.37. The second kappa shape index (κ2) is 7.32. The summed E-state index contributed by atoms with van der Waals surface area (Å²) in [6.45, 7) is 3.62. The van der Waals surface area contributed by atoms with Gasteiger partial charge in [0, 0.05) is 15.6 Å². The normalized spacial score (nSPS) is 12.0. The van der Waals surface area contributed by atoms with Crippen LogP contribution in [0, 0.1) is 0 Å². The van der Waals surface area contributed by atoms with E-state index in [-0.39, 0.29) is 0 Å². The number of benzene rings is 2. The van der Waals surface area contributed by atoms with Gasteiger partial charge in [0.1, 0.15) is 5.75 Å². The molecule has 0 radical (unpaired) electrons. The Kier molecular flexibility index (Phi) is 4.96. The molecule has 0 amide bonds. The van der Waals surface area contributed by atoms with Crippen LogP contribution in [-0.2, 0) is 4.79 Å². The Morgan fingerprint density at radius 1 is 1.21 bits per heavy atom. The van der Waals surface area contributed by atoms with E-state index in [2.05, 4.69) is 24.1 Å². The van der Waals surface area contributed by atoms with E-state index in [1.165, 1.54) is 15.6 Å². The maximum atomic E-state index is 11.3. The average molecular weight is 338 g/mol. The molecule has 0 bridgehead atoms. The summed E-state index contributed by atoms with van der Waals surface area (Å²) in [7, 11) is 0. The summed E-state index contributed by atoms with van der Waals surface area (Å²) < 4.78 is 6.85. The maximum Gasteiger partial charge on any atom is 0.344 e. The average Bonchev–Trinajstić information content (AvgIpc) is 3.03. The minimum Gasteiger partial charge on any atom is -0.479 e. The SMILES string of the molecule is C=CCCC(Oc1ccc(-c2csc3ccccc23)cc1)C(=O)O. The predicted molar refractivity (Wildman–Crippen MR) is 98.7 cm³/mol. The first-order valence-electron chi connectivity index (χ1n) is 7.76. The van der Waals surface area contributed by atoms with E-state index in [9.17, 15) is 9.90 Å². The van der Waals surface area contributed by atoms with Crippen LogP contribution in [0.1, 0.15) is 12.8 Å². The van der Waals surface area contributed by atoms with E-state index in [4.69, 9.17) is 4.74 Å². The standard InChI is InChI=1S/C20H18O3S/c1-2-3-7-18(20(21)22)23-15-11-9-14(10-12-15)17-13-24-19-8-5-4-6-16(17)19/h2,4-6,8-13,18H,1,3,7H2,(H,21,22). The molecule has 1 N–H and O–H groups in total. The van der Waals surface area contributed by atoms with E-state index < -0.39 is 12.1 Å². The van der Waals surface area contributed by atoms with Gasteiger partial charge in [0.2, 0.25) is 0 Å². The Bertz CT molecular complexity index is 849. The molecule has 4 heteroatoms. The third-order valence-electron chi connectivity index (χ3n) is 3.83. The molecule has 1 unspecified atom stereocenters. The van der Waals surface area contributed by atoms with Crippen molar-refractivity contribution in [1.82, 2.24) is 0 Å².